The molecule has 8 heteroatoms. The lowest BCUT2D eigenvalue weighted by atomic mass is 9.95. The van der Waals surface area contributed by atoms with Crippen molar-refractivity contribution in [2.45, 2.75) is 44.3 Å². The number of benzene rings is 1. The number of fused-ring (bicyclic) bond motifs is 1. The summed E-state index contributed by atoms with van der Waals surface area (Å²) >= 11 is 0. The minimum atomic E-state index is -4.46. The van der Waals surface area contributed by atoms with E-state index >= 15 is 0 Å². The zero-order valence-electron chi connectivity index (χ0n) is 17.2. The van der Waals surface area contributed by atoms with Crippen molar-refractivity contribution >= 4 is 5.65 Å². The molecule has 1 aliphatic carbocycles. The van der Waals surface area contributed by atoms with E-state index in [1.165, 1.54) is 16.8 Å². The van der Waals surface area contributed by atoms with Crippen molar-refractivity contribution in [1.82, 2.24) is 19.2 Å². The third kappa shape index (κ3) is 3.70. The van der Waals surface area contributed by atoms with Gasteiger partial charge in [-0.15, -0.1) is 0 Å². The maximum Gasteiger partial charge on any atom is 0.416 e. The van der Waals surface area contributed by atoms with E-state index in [-0.39, 0.29) is 11.6 Å². The summed E-state index contributed by atoms with van der Waals surface area (Å²) in [5, 5.41) is 4.67. The van der Waals surface area contributed by atoms with E-state index in [9.17, 15) is 18.0 Å². The average molecular weight is 438 g/mol. The number of hydrogen-bond donors (Lipinski definition) is 0. The summed E-state index contributed by atoms with van der Waals surface area (Å²) in [5.74, 6) is 0. The molecular formula is C24H21F3N4O. The summed E-state index contributed by atoms with van der Waals surface area (Å²) in [5.41, 5.74) is 1.48. The maximum absolute atomic E-state index is 13.3. The zero-order chi connectivity index (χ0) is 22.3. The van der Waals surface area contributed by atoms with E-state index in [1.54, 1.807) is 28.8 Å². The molecule has 5 nitrogen and oxygen atoms in total. The van der Waals surface area contributed by atoms with E-state index in [4.69, 9.17) is 0 Å². The van der Waals surface area contributed by atoms with E-state index in [0.717, 1.165) is 44.2 Å². The Kier molecular flexibility index (Phi) is 5.07. The van der Waals surface area contributed by atoms with Crippen molar-refractivity contribution in [3.05, 3.63) is 76.7 Å². The number of pyridine rings is 1. The molecule has 1 aliphatic rings. The fourth-order valence-corrected chi connectivity index (χ4v) is 4.42. The van der Waals surface area contributed by atoms with Gasteiger partial charge in [0.15, 0.2) is 0 Å². The molecule has 0 spiro atoms. The fourth-order valence-electron chi connectivity index (χ4n) is 4.42. The summed E-state index contributed by atoms with van der Waals surface area (Å²) < 4.78 is 43.4. The molecule has 0 saturated heterocycles. The van der Waals surface area contributed by atoms with Gasteiger partial charge in [-0.25, -0.2) is 9.67 Å². The topological polar surface area (TPSA) is 52.2 Å². The van der Waals surface area contributed by atoms with Crippen LogP contribution in [0.5, 0.6) is 0 Å². The molecule has 4 aromatic rings. The van der Waals surface area contributed by atoms with Gasteiger partial charge in [-0.3, -0.25) is 9.20 Å². The highest BCUT2D eigenvalue weighted by molar-refractivity contribution is 5.80. The van der Waals surface area contributed by atoms with Crippen LogP contribution in [0.25, 0.3) is 28.3 Å². The maximum atomic E-state index is 13.3. The van der Waals surface area contributed by atoms with Crippen LogP contribution in [0.2, 0.25) is 0 Å². The molecule has 0 aliphatic heterocycles. The molecule has 0 atom stereocenters. The van der Waals surface area contributed by atoms with Gasteiger partial charge in [-0.1, -0.05) is 37.5 Å². The lowest BCUT2D eigenvalue weighted by molar-refractivity contribution is -0.137. The van der Waals surface area contributed by atoms with Gasteiger partial charge in [0.25, 0.3) is 5.56 Å². The lowest BCUT2D eigenvalue weighted by Crippen LogP contribution is -2.28. The molecule has 164 valence electrons. The van der Waals surface area contributed by atoms with Crippen LogP contribution in [0.15, 0.2) is 65.6 Å². The first-order valence-electron chi connectivity index (χ1n) is 10.7. The smallest absolute Gasteiger partial charge is 0.298 e. The monoisotopic (exact) mass is 438 g/mol. The highest BCUT2D eigenvalue weighted by atomic mass is 19.4. The number of rotatable bonds is 3. The summed E-state index contributed by atoms with van der Waals surface area (Å²) in [6.45, 7) is 0. The predicted molar refractivity (Wildman–Crippen MR) is 115 cm³/mol. The molecule has 5 rings (SSSR count). The van der Waals surface area contributed by atoms with Gasteiger partial charge >= 0.3 is 6.18 Å². The highest BCUT2D eigenvalue weighted by Crippen LogP contribution is 2.36. The third-order valence-electron chi connectivity index (χ3n) is 5.98. The van der Waals surface area contributed by atoms with Crippen LogP contribution in [-0.2, 0) is 6.18 Å². The van der Waals surface area contributed by atoms with E-state index in [2.05, 4.69) is 10.1 Å². The number of imidazole rings is 1. The second kappa shape index (κ2) is 7.93. The van der Waals surface area contributed by atoms with Gasteiger partial charge in [0.05, 0.1) is 17.3 Å². The van der Waals surface area contributed by atoms with Crippen LogP contribution in [0.4, 0.5) is 13.2 Å². The number of nitrogens with zero attached hydrogens (tertiary/aromatic N) is 4. The predicted octanol–water partition coefficient (Wildman–Crippen LogP) is 5.75. The standard InChI is InChI=1S/C24H21F3N4O/c25-24(26,27)17-8-6-7-16(15-17)22-23(30-14-5-4-11-20(30)28-22)19-12-13-21(32)31(29-19)18-9-2-1-3-10-18/h4-8,11-15,18H,1-3,9-10H2. The molecule has 3 heterocycles. The first kappa shape index (κ1) is 20.5. The van der Waals surface area contributed by atoms with Crippen LogP contribution in [0.3, 0.4) is 0 Å². The van der Waals surface area contributed by atoms with Gasteiger partial charge in [0.2, 0.25) is 0 Å². The summed E-state index contributed by atoms with van der Waals surface area (Å²) in [4.78, 5) is 17.2. The zero-order valence-corrected chi connectivity index (χ0v) is 17.2. The van der Waals surface area contributed by atoms with Crippen molar-refractivity contribution < 1.29 is 13.2 Å². The quantitative estimate of drug-likeness (QED) is 0.409. The van der Waals surface area contributed by atoms with Gasteiger partial charge < -0.3 is 0 Å². The highest BCUT2D eigenvalue weighted by Gasteiger charge is 2.31. The van der Waals surface area contributed by atoms with Crippen molar-refractivity contribution in [2.24, 2.45) is 0 Å². The van der Waals surface area contributed by atoms with Crippen LogP contribution in [0.1, 0.15) is 43.7 Å². The Bertz CT molecular complexity index is 1330. The summed E-state index contributed by atoms with van der Waals surface area (Å²) in [7, 11) is 0. The molecule has 0 bridgehead atoms. The summed E-state index contributed by atoms with van der Waals surface area (Å²) in [6.07, 6.45) is 2.38. The molecule has 32 heavy (non-hydrogen) atoms. The number of hydrogen-bond acceptors (Lipinski definition) is 3. The number of aromatic nitrogens is 4. The fraction of sp³-hybridized carbons (Fsp3) is 0.292. The van der Waals surface area contributed by atoms with Crippen LogP contribution >= 0.6 is 0 Å². The van der Waals surface area contributed by atoms with Gasteiger partial charge in [0, 0.05) is 17.8 Å². The van der Waals surface area contributed by atoms with Crippen molar-refractivity contribution in [2.75, 3.05) is 0 Å². The Morgan fingerprint density at radius 1 is 0.938 bits per heavy atom. The first-order valence-corrected chi connectivity index (χ1v) is 10.7. The molecule has 0 unspecified atom stereocenters. The van der Waals surface area contributed by atoms with E-state index in [1.807, 2.05) is 12.1 Å². The van der Waals surface area contributed by atoms with Gasteiger partial charge in [-0.05, 0) is 43.2 Å². The molecule has 1 fully saturated rings. The van der Waals surface area contributed by atoms with Crippen LogP contribution in [-0.4, -0.2) is 19.2 Å². The first-order chi connectivity index (χ1) is 15.4. The normalized spacial score (nSPS) is 15.3. The van der Waals surface area contributed by atoms with E-state index in [0.29, 0.717) is 28.3 Å². The Balaban J connectivity index is 1.71. The van der Waals surface area contributed by atoms with Crippen molar-refractivity contribution in [1.29, 1.82) is 0 Å². The molecule has 0 N–H and O–H groups in total. The largest absolute Gasteiger partial charge is 0.416 e. The van der Waals surface area contributed by atoms with Crippen molar-refractivity contribution in [3.63, 3.8) is 0 Å². The average Bonchev–Trinajstić information content (AvgIpc) is 3.19. The van der Waals surface area contributed by atoms with Gasteiger partial charge in [-0.2, -0.15) is 18.3 Å². The summed E-state index contributed by atoms with van der Waals surface area (Å²) in [6, 6.07) is 13.7. The number of halogens is 3. The minimum Gasteiger partial charge on any atom is -0.298 e. The SMILES string of the molecule is O=c1ccc(-c2c(-c3cccc(C(F)(F)F)c3)nc3ccccn23)nn1C1CCCCC1. The number of alkyl halides is 3. The molecular weight excluding hydrogens is 417 g/mol. The molecule has 0 amide bonds. The van der Waals surface area contributed by atoms with Crippen LogP contribution in [0, 0.1) is 0 Å². The second-order valence-corrected chi connectivity index (χ2v) is 8.11. The Morgan fingerprint density at radius 2 is 1.75 bits per heavy atom. The minimum absolute atomic E-state index is 0.0346. The Morgan fingerprint density at radius 3 is 2.53 bits per heavy atom. The Labute approximate surface area is 182 Å². The van der Waals surface area contributed by atoms with Crippen molar-refractivity contribution in [3.8, 4) is 22.6 Å². The lowest BCUT2D eigenvalue weighted by Gasteiger charge is -2.23. The van der Waals surface area contributed by atoms with Gasteiger partial charge in [0.1, 0.15) is 17.0 Å². The Hall–Kier alpha value is -3.42. The molecule has 1 saturated carbocycles. The third-order valence-corrected chi connectivity index (χ3v) is 5.98. The second-order valence-electron chi connectivity index (χ2n) is 8.11. The molecule has 0 radical (unpaired) electrons. The van der Waals surface area contributed by atoms with Crippen LogP contribution < -0.4 is 5.56 Å². The van der Waals surface area contributed by atoms with E-state index < -0.39 is 11.7 Å². The molecule has 3 aromatic heterocycles. The molecule has 1 aromatic carbocycles.